The number of nitrogens with one attached hydrogen (secondary N) is 1. The molecule has 0 aromatic heterocycles. The Bertz CT molecular complexity index is 363. The van der Waals surface area contributed by atoms with E-state index in [0.29, 0.717) is 6.54 Å². The van der Waals surface area contributed by atoms with Crippen LogP contribution < -0.4 is 5.32 Å². The summed E-state index contributed by atoms with van der Waals surface area (Å²) in [5.74, 6) is 0.305. The van der Waals surface area contributed by atoms with Crippen LogP contribution in [0.15, 0.2) is 12.2 Å². The molecule has 1 aliphatic rings. The van der Waals surface area contributed by atoms with Gasteiger partial charge in [-0.15, -0.1) is 0 Å². The minimum atomic E-state index is -0.391. The molecule has 1 rings (SSSR count). The minimum Gasteiger partial charge on any atom is -0.342 e. The molecule has 19 heavy (non-hydrogen) atoms. The molecular formula is C15H26N2O2. The SMILES string of the molecule is C/C=C/CN1C(=O)C(C(C)C)NC(=O)C1C(C)CC. The molecule has 0 aromatic carbocycles. The normalized spacial score (nSPS) is 26.1. The van der Waals surface area contributed by atoms with Crippen LogP contribution in [0.2, 0.25) is 0 Å². The molecule has 4 nitrogen and oxygen atoms in total. The first-order valence-electron chi connectivity index (χ1n) is 7.16. The highest BCUT2D eigenvalue weighted by Crippen LogP contribution is 2.22. The summed E-state index contributed by atoms with van der Waals surface area (Å²) in [5.41, 5.74) is 0. The largest absolute Gasteiger partial charge is 0.342 e. The van der Waals surface area contributed by atoms with Crippen LogP contribution in [0, 0.1) is 11.8 Å². The lowest BCUT2D eigenvalue weighted by Crippen LogP contribution is -2.66. The Morgan fingerprint density at radius 2 is 1.95 bits per heavy atom. The molecule has 108 valence electrons. The van der Waals surface area contributed by atoms with E-state index in [0.717, 1.165) is 6.42 Å². The monoisotopic (exact) mass is 266 g/mol. The quantitative estimate of drug-likeness (QED) is 0.773. The number of carbonyl (C=O) groups is 2. The van der Waals surface area contributed by atoms with Crippen molar-refractivity contribution in [2.45, 2.75) is 53.1 Å². The van der Waals surface area contributed by atoms with E-state index in [1.807, 2.05) is 46.8 Å². The van der Waals surface area contributed by atoms with Crippen LogP contribution in [-0.2, 0) is 9.59 Å². The topological polar surface area (TPSA) is 49.4 Å². The summed E-state index contributed by atoms with van der Waals surface area (Å²) < 4.78 is 0. The molecule has 1 fully saturated rings. The Morgan fingerprint density at radius 3 is 2.42 bits per heavy atom. The Balaban J connectivity index is 3.03. The van der Waals surface area contributed by atoms with E-state index in [-0.39, 0.29) is 29.7 Å². The summed E-state index contributed by atoms with van der Waals surface area (Å²) in [5, 5.41) is 2.88. The number of rotatable bonds is 5. The van der Waals surface area contributed by atoms with Gasteiger partial charge >= 0.3 is 0 Å². The summed E-state index contributed by atoms with van der Waals surface area (Å²) in [7, 11) is 0. The Hall–Kier alpha value is -1.32. The van der Waals surface area contributed by atoms with Crippen LogP contribution in [0.5, 0.6) is 0 Å². The molecule has 0 aliphatic carbocycles. The van der Waals surface area contributed by atoms with E-state index < -0.39 is 6.04 Å². The number of allylic oxidation sites excluding steroid dienone is 1. The van der Waals surface area contributed by atoms with Crippen molar-refractivity contribution in [2.24, 2.45) is 11.8 Å². The molecule has 0 bridgehead atoms. The molecule has 1 heterocycles. The van der Waals surface area contributed by atoms with Crippen LogP contribution in [-0.4, -0.2) is 35.3 Å². The Kier molecular flexibility index (Phi) is 5.58. The van der Waals surface area contributed by atoms with Crippen molar-refractivity contribution in [3.05, 3.63) is 12.2 Å². The third-order valence-corrected chi connectivity index (χ3v) is 3.84. The third-order valence-electron chi connectivity index (χ3n) is 3.84. The minimum absolute atomic E-state index is 0.0165. The van der Waals surface area contributed by atoms with Crippen LogP contribution in [0.25, 0.3) is 0 Å². The van der Waals surface area contributed by atoms with E-state index >= 15 is 0 Å². The van der Waals surface area contributed by atoms with E-state index in [2.05, 4.69) is 5.32 Å². The Morgan fingerprint density at radius 1 is 1.32 bits per heavy atom. The summed E-state index contributed by atoms with van der Waals surface area (Å²) in [4.78, 5) is 26.6. The lowest BCUT2D eigenvalue weighted by atomic mass is 9.90. The smallest absolute Gasteiger partial charge is 0.246 e. The van der Waals surface area contributed by atoms with Crippen molar-refractivity contribution in [2.75, 3.05) is 6.54 Å². The van der Waals surface area contributed by atoms with Gasteiger partial charge in [0.15, 0.2) is 0 Å². The predicted molar refractivity (Wildman–Crippen MR) is 76.5 cm³/mol. The van der Waals surface area contributed by atoms with Crippen molar-refractivity contribution in [3.8, 4) is 0 Å². The zero-order valence-corrected chi connectivity index (χ0v) is 12.6. The van der Waals surface area contributed by atoms with Crippen molar-refractivity contribution in [1.82, 2.24) is 10.2 Å². The summed E-state index contributed by atoms with van der Waals surface area (Å²) in [6.07, 6.45) is 4.73. The molecular weight excluding hydrogens is 240 g/mol. The average Bonchev–Trinajstić information content (AvgIpc) is 2.37. The highest BCUT2D eigenvalue weighted by atomic mass is 16.2. The lowest BCUT2D eigenvalue weighted by Gasteiger charge is -2.42. The molecule has 1 aliphatic heterocycles. The molecule has 0 aromatic rings. The molecule has 2 amide bonds. The van der Waals surface area contributed by atoms with E-state index in [9.17, 15) is 9.59 Å². The number of hydrogen-bond donors (Lipinski definition) is 1. The van der Waals surface area contributed by atoms with Gasteiger partial charge in [0.05, 0.1) is 0 Å². The standard InChI is InChI=1S/C15H26N2O2/c1-6-8-9-17-13(11(5)7-2)14(18)16-12(10(3)4)15(17)19/h6,8,10-13H,7,9H2,1-5H3,(H,16,18)/b8-6+. The third kappa shape index (κ3) is 3.37. The fraction of sp³-hybridized carbons (Fsp3) is 0.733. The van der Waals surface area contributed by atoms with Crippen LogP contribution >= 0.6 is 0 Å². The molecule has 1 saturated heterocycles. The summed E-state index contributed by atoms with van der Waals surface area (Å²) in [6.45, 7) is 10.4. The fourth-order valence-corrected chi connectivity index (χ4v) is 2.42. The first-order chi connectivity index (χ1) is 8.93. The zero-order valence-electron chi connectivity index (χ0n) is 12.6. The number of piperazine rings is 1. The second-order valence-corrected chi connectivity index (χ2v) is 5.62. The Labute approximate surface area is 116 Å². The van der Waals surface area contributed by atoms with Gasteiger partial charge in [-0.05, 0) is 18.8 Å². The zero-order chi connectivity index (χ0) is 14.6. The maximum Gasteiger partial charge on any atom is 0.246 e. The second kappa shape index (κ2) is 6.73. The van der Waals surface area contributed by atoms with Crippen molar-refractivity contribution < 1.29 is 9.59 Å². The van der Waals surface area contributed by atoms with Gasteiger partial charge in [-0.3, -0.25) is 9.59 Å². The van der Waals surface area contributed by atoms with E-state index in [1.165, 1.54) is 0 Å². The number of hydrogen-bond acceptors (Lipinski definition) is 2. The molecule has 1 N–H and O–H groups in total. The predicted octanol–water partition coefficient (Wildman–Crippen LogP) is 1.96. The molecule has 0 radical (unpaired) electrons. The first kappa shape index (κ1) is 15.7. The van der Waals surface area contributed by atoms with Gasteiger partial charge in [0, 0.05) is 6.54 Å². The van der Waals surface area contributed by atoms with Crippen molar-refractivity contribution in [3.63, 3.8) is 0 Å². The van der Waals surface area contributed by atoms with Gasteiger partial charge in [-0.25, -0.2) is 0 Å². The van der Waals surface area contributed by atoms with Gasteiger partial charge in [0.1, 0.15) is 12.1 Å². The molecule has 0 spiro atoms. The molecule has 3 unspecified atom stereocenters. The van der Waals surface area contributed by atoms with E-state index in [1.54, 1.807) is 4.90 Å². The fourth-order valence-electron chi connectivity index (χ4n) is 2.42. The average molecular weight is 266 g/mol. The van der Waals surface area contributed by atoms with E-state index in [4.69, 9.17) is 0 Å². The maximum atomic E-state index is 12.5. The van der Waals surface area contributed by atoms with Crippen LogP contribution in [0.1, 0.15) is 41.0 Å². The van der Waals surface area contributed by atoms with Gasteiger partial charge in [0.2, 0.25) is 11.8 Å². The first-order valence-corrected chi connectivity index (χ1v) is 7.16. The number of nitrogens with zero attached hydrogens (tertiary/aromatic N) is 1. The van der Waals surface area contributed by atoms with Gasteiger partial charge in [0.25, 0.3) is 0 Å². The summed E-state index contributed by atoms with van der Waals surface area (Å²) >= 11 is 0. The van der Waals surface area contributed by atoms with Gasteiger partial charge < -0.3 is 10.2 Å². The molecule has 0 saturated carbocycles. The van der Waals surface area contributed by atoms with Crippen LogP contribution in [0.4, 0.5) is 0 Å². The summed E-state index contributed by atoms with van der Waals surface area (Å²) in [6, 6.07) is -0.734. The number of amides is 2. The van der Waals surface area contributed by atoms with Crippen molar-refractivity contribution >= 4 is 11.8 Å². The second-order valence-electron chi connectivity index (χ2n) is 5.62. The van der Waals surface area contributed by atoms with Crippen LogP contribution in [0.3, 0.4) is 0 Å². The molecule has 4 heteroatoms. The van der Waals surface area contributed by atoms with Gasteiger partial charge in [-0.1, -0.05) is 46.3 Å². The molecule has 3 atom stereocenters. The number of carbonyl (C=O) groups excluding carboxylic acids is 2. The lowest BCUT2D eigenvalue weighted by molar-refractivity contribution is -0.152. The van der Waals surface area contributed by atoms with Crippen molar-refractivity contribution in [1.29, 1.82) is 0 Å². The van der Waals surface area contributed by atoms with Gasteiger partial charge in [-0.2, -0.15) is 0 Å². The highest BCUT2D eigenvalue weighted by Gasteiger charge is 2.42. The maximum absolute atomic E-state index is 12.5. The highest BCUT2D eigenvalue weighted by molar-refractivity contribution is 5.97.